The van der Waals surface area contributed by atoms with E-state index in [1.807, 2.05) is 36.4 Å². The van der Waals surface area contributed by atoms with E-state index in [1.165, 1.54) is 10.9 Å². The fraction of sp³-hybridized carbons (Fsp3) is 0. The molecule has 9 aromatic rings. The van der Waals surface area contributed by atoms with Crippen LogP contribution in [-0.4, -0.2) is 19.7 Å². The lowest BCUT2D eigenvalue weighted by atomic mass is 9.94. The summed E-state index contributed by atoms with van der Waals surface area (Å²) in [5, 5.41) is 8.84. The Morgan fingerprint density at radius 1 is 0.408 bits per heavy atom. The lowest BCUT2D eigenvalue weighted by molar-refractivity contribution is 0.918. The van der Waals surface area contributed by atoms with Crippen LogP contribution in [0.4, 0.5) is 0 Å². The molecule has 2 heterocycles. The summed E-state index contributed by atoms with van der Waals surface area (Å²) in [7, 11) is 0. The summed E-state index contributed by atoms with van der Waals surface area (Å²) in [4.78, 5) is 10.0. The first-order valence-electron chi connectivity index (χ1n) is 16.5. The maximum absolute atomic E-state index is 5.37. The molecule has 0 bridgehead atoms. The molecule has 0 atom stereocenters. The van der Waals surface area contributed by atoms with E-state index in [9.17, 15) is 0 Å². The van der Waals surface area contributed by atoms with Crippen molar-refractivity contribution in [3.05, 3.63) is 182 Å². The monoisotopic (exact) mass is 626 g/mol. The molecule has 0 spiro atoms. The molecule has 0 saturated carbocycles. The molecule has 0 fully saturated rings. The zero-order valence-electron chi connectivity index (χ0n) is 26.6. The topological polar surface area (TPSA) is 43.6 Å². The van der Waals surface area contributed by atoms with E-state index in [-0.39, 0.29) is 0 Å². The molecule has 49 heavy (non-hydrogen) atoms. The van der Waals surface area contributed by atoms with E-state index in [2.05, 4.69) is 150 Å². The second-order valence-corrected chi connectivity index (χ2v) is 12.1. The lowest BCUT2D eigenvalue weighted by Crippen LogP contribution is -1.98. The predicted octanol–water partition coefficient (Wildman–Crippen LogP) is 11.3. The molecule has 0 saturated heterocycles. The zero-order chi connectivity index (χ0) is 32.6. The van der Waals surface area contributed by atoms with Crippen molar-refractivity contribution in [1.82, 2.24) is 19.7 Å². The van der Waals surface area contributed by atoms with Crippen LogP contribution in [0.5, 0.6) is 0 Å². The Labute approximate surface area is 284 Å². The Morgan fingerprint density at radius 2 is 0.918 bits per heavy atom. The molecule has 4 nitrogen and oxygen atoms in total. The summed E-state index contributed by atoms with van der Waals surface area (Å²) < 4.78 is 2.11. The molecule has 230 valence electrons. The van der Waals surface area contributed by atoms with Gasteiger partial charge in [0.15, 0.2) is 5.82 Å². The molecule has 0 radical (unpaired) electrons. The van der Waals surface area contributed by atoms with Crippen LogP contribution in [0.1, 0.15) is 0 Å². The highest BCUT2D eigenvalue weighted by atomic mass is 15.3. The Balaban J connectivity index is 1.24. The molecule has 0 amide bonds. The molecule has 0 aliphatic rings. The number of fused-ring (bicyclic) bond motifs is 3. The minimum atomic E-state index is 0.700. The summed E-state index contributed by atoms with van der Waals surface area (Å²) in [5.41, 5.74) is 11.2. The molecule has 0 aliphatic heterocycles. The molecule has 0 aliphatic carbocycles. The van der Waals surface area contributed by atoms with Crippen LogP contribution in [0.25, 0.3) is 83.6 Å². The van der Waals surface area contributed by atoms with Crippen molar-refractivity contribution in [3.8, 4) is 62.0 Å². The van der Waals surface area contributed by atoms with Crippen molar-refractivity contribution in [2.75, 3.05) is 0 Å². The summed E-state index contributed by atoms with van der Waals surface area (Å²) >= 11 is 0. The van der Waals surface area contributed by atoms with E-state index in [1.54, 1.807) is 0 Å². The number of nitrogens with zero attached hydrogens (tertiary/aromatic N) is 4. The number of rotatable bonds is 6. The van der Waals surface area contributed by atoms with Crippen LogP contribution in [0.15, 0.2) is 182 Å². The van der Waals surface area contributed by atoms with Crippen LogP contribution in [-0.2, 0) is 0 Å². The highest BCUT2D eigenvalue weighted by Gasteiger charge is 2.21. The van der Waals surface area contributed by atoms with Gasteiger partial charge in [-0.05, 0) is 40.8 Å². The zero-order valence-corrected chi connectivity index (χ0v) is 26.6. The van der Waals surface area contributed by atoms with Gasteiger partial charge in [0.05, 0.1) is 22.6 Å². The molecule has 0 N–H and O–H groups in total. The molecule has 7 aromatic carbocycles. The first-order valence-corrected chi connectivity index (χ1v) is 16.5. The van der Waals surface area contributed by atoms with Gasteiger partial charge in [-0.25, -0.2) is 14.6 Å². The predicted molar refractivity (Wildman–Crippen MR) is 201 cm³/mol. The Morgan fingerprint density at radius 3 is 1.55 bits per heavy atom. The van der Waals surface area contributed by atoms with Gasteiger partial charge >= 0.3 is 0 Å². The van der Waals surface area contributed by atoms with Gasteiger partial charge in [0, 0.05) is 33.0 Å². The quantitative estimate of drug-likeness (QED) is 0.184. The first-order chi connectivity index (χ1) is 24.3. The van der Waals surface area contributed by atoms with E-state index < -0.39 is 0 Å². The van der Waals surface area contributed by atoms with Gasteiger partial charge in [-0.3, -0.25) is 0 Å². The number of benzene rings is 7. The third-order valence-electron chi connectivity index (χ3n) is 9.04. The van der Waals surface area contributed by atoms with Crippen molar-refractivity contribution in [2.45, 2.75) is 0 Å². The van der Waals surface area contributed by atoms with Gasteiger partial charge in [-0.1, -0.05) is 158 Å². The summed E-state index contributed by atoms with van der Waals surface area (Å²) in [6, 6.07) is 63.1. The van der Waals surface area contributed by atoms with Crippen molar-refractivity contribution in [3.63, 3.8) is 0 Å². The summed E-state index contributed by atoms with van der Waals surface area (Å²) in [6.45, 7) is 0. The van der Waals surface area contributed by atoms with E-state index in [0.717, 1.165) is 66.9 Å². The second kappa shape index (κ2) is 12.2. The van der Waals surface area contributed by atoms with Crippen molar-refractivity contribution < 1.29 is 0 Å². The van der Waals surface area contributed by atoms with Crippen LogP contribution >= 0.6 is 0 Å². The minimum Gasteiger partial charge on any atom is -0.232 e. The highest BCUT2D eigenvalue weighted by molar-refractivity contribution is 6.17. The van der Waals surface area contributed by atoms with Gasteiger partial charge in [-0.2, -0.15) is 5.10 Å². The van der Waals surface area contributed by atoms with Gasteiger partial charge in [0.25, 0.3) is 0 Å². The summed E-state index contributed by atoms with van der Waals surface area (Å²) in [6.07, 6.45) is 0. The Bertz CT molecular complexity index is 2500. The fourth-order valence-electron chi connectivity index (χ4n) is 6.66. The SMILES string of the molecule is c1ccc(-c2cc(-c3ccc(-n4nc(-c5ccccc5)c5c(-c6ccccc6)cc6ccccc6c54)cc3)nc(-c3ccccc3)n2)cc1. The van der Waals surface area contributed by atoms with E-state index >= 15 is 0 Å². The van der Waals surface area contributed by atoms with Crippen molar-refractivity contribution in [2.24, 2.45) is 0 Å². The maximum atomic E-state index is 5.37. The third-order valence-corrected chi connectivity index (χ3v) is 9.04. The molecule has 2 aromatic heterocycles. The summed E-state index contributed by atoms with van der Waals surface area (Å²) in [5.74, 6) is 0.700. The van der Waals surface area contributed by atoms with Crippen LogP contribution in [0.3, 0.4) is 0 Å². The van der Waals surface area contributed by atoms with E-state index in [4.69, 9.17) is 15.1 Å². The number of aromatic nitrogens is 4. The van der Waals surface area contributed by atoms with Crippen molar-refractivity contribution in [1.29, 1.82) is 0 Å². The standard InChI is InChI=1S/C45H30N4/c1-5-15-31(16-6-1)39-29-36-23-13-14-24-38(36)44-42(39)43(34-19-9-3-10-20-34)48-49(44)37-27-25-33(26-28-37)41-30-40(32-17-7-2-8-18-32)46-45(47-41)35-21-11-4-12-22-35/h1-30H. The fourth-order valence-corrected chi connectivity index (χ4v) is 6.66. The molecular weight excluding hydrogens is 597 g/mol. The van der Waals surface area contributed by atoms with Gasteiger partial charge in [-0.15, -0.1) is 0 Å². The van der Waals surface area contributed by atoms with Crippen LogP contribution in [0, 0.1) is 0 Å². The molecule has 9 rings (SSSR count). The van der Waals surface area contributed by atoms with Crippen LogP contribution < -0.4 is 0 Å². The molecule has 4 heteroatoms. The molecule has 0 unspecified atom stereocenters. The third kappa shape index (κ3) is 5.26. The van der Waals surface area contributed by atoms with Crippen LogP contribution in [0.2, 0.25) is 0 Å². The molecular formula is C45H30N4. The van der Waals surface area contributed by atoms with Gasteiger partial charge < -0.3 is 0 Å². The first kappa shape index (κ1) is 28.6. The average molecular weight is 627 g/mol. The second-order valence-electron chi connectivity index (χ2n) is 12.1. The minimum absolute atomic E-state index is 0.700. The number of hydrogen-bond acceptors (Lipinski definition) is 3. The van der Waals surface area contributed by atoms with E-state index in [0.29, 0.717) is 5.82 Å². The average Bonchev–Trinajstić information content (AvgIpc) is 3.60. The normalized spacial score (nSPS) is 11.3. The largest absolute Gasteiger partial charge is 0.232 e. The highest BCUT2D eigenvalue weighted by Crippen LogP contribution is 2.41. The van der Waals surface area contributed by atoms with Crippen molar-refractivity contribution >= 4 is 21.7 Å². The van der Waals surface area contributed by atoms with Gasteiger partial charge in [0.2, 0.25) is 0 Å². The maximum Gasteiger partial charge on any atom is 0.160 e. The smallest absolute Gasteiger partial charge is 0.160 e. The number of hydrogen-bond donors (Lipinski definition) is 0. The Kier molecular flexibility index (Phi) is 7.10. The lowest BCUT2D eigenvalue weighted by Gasteiger charge is -2.12. The Hall–Kier alpha value is -6.65. The van der Waals surface area contributed by atoms with Gasteiger partial charge in [0.1, 0.15) is 5.69 Å².